The van der Waals surface area contributed by atoms with Crippen LogP contribution >= 0.6 is 0 Å². The van der Waals surface area contributed by atoms with E-state index in [1.165, 1.54) is 0 Å². The van der Waals surface area contributed by atoms with Crippen molar-refractivity contribution in [1.29, 1.82) is 0 Å². The minimum atomic E-state index is -0.989. The summed E-state index contributed by atoms with van der Waals surface area (Å²) in [6.45, 7) is 5.17. The van der Waals surface area contributed by atoms with Crippen molar-refractivity contribution < 1.29 is 38.5 Å². The van der Waals surface area contributed by atoms with Gasteiger partial charge in [-0.15, -0.1) is 0 Å². The van der Waals surface area contributed by atoms with Crippen LogP contribution in [0, 0.1) is 17.3 Å². The van der Waals surface area contributed by atoms with Crippen molar-refractivity contribution in [3.63, 3.8) is 0 Å². The smallest absolute Gasteiger partial charge is 0.311 e. The Bertz CT molecular complexity index is 540. The van der Waals surface area contributed by atoms with Gasteiger partial charge in [0, 0.05) is 0 Å². The number of hydrogen-bond acceptors (Lipinski definition) is 7. The van der Waals surface area contributed by atoms with Gasteiger partial charge in [0.1, 0.15) is 19.8 Å². The van der Waals surface area contributed by atoms with Crippen molar-refractivity contribution in [2.24, 2.45) is 17.3 Å². The number of carboxylic acids is 1. The number of ether oxygens (including phenoxy) is 3. The van der Waals surface area contributed by atoms with E-state index in [9.17, 15) is 24.3 Å². The number of aliphatic carboxylic acids is 1. The summed E-state index contributed by atoms with van der Waals surface area (Å²) < 4.78 is 15.0. The molecule has 2 atom stereocenters. The maximum absolute atomic E-state index is 12.1. The van der Waals surface area contributed by atoms with Crippen LogP contribution < -0.4 is 0 Å². The van der Waals surface area contributed by atoms with Gasteiger partial charge in [0.05, 0.1) is 23.7 Å². The number of hydrogen-bond donors (Lipinski definition) is 1. The van der Waals surface area contributed by atoms with E-state index >= 15 is 0 Å². The normalized spacial score (nSPS) is 19.8. The summed E-state index contributed by atoms with van der Waals surface area (Å²) in [7, 11) is 0. The number of carbonyl (C=O) groups is 4. The molecule has 8 heteroatoms. The van der Waals surface area contributed by atoms with Crippen LogP contribution in [0.25, 0.3) is 0 Å². The zero-order valence-corrected chi connectivity index (χ0v) is 16.3. The molecule has 0 aliphatic heterocycles. The van der Waals surface area contributed by atoms with Gasteiger partial charge in [0.25, 0.3) is 0 Å². The molecule has 1 aliphatic carbocycles. The van der Waals surface area contributed by atoms with Crippen molar-refractivity contribution in [3.05, 3.63) is 0 Å². The van der Waals surface area contributed by atoms with Gasteiger partial charge in [-0.2, -0.15) is 0 Å². The Hall–Kier alpha value is -2.12. The average Bonchev–Trinajstić information content (AvgIpc) is 2.64. The van der Waals surface area contributed by atoms with E-state index in [2.05, 4.69) is 0 Å². The molecule has 1 rings (SSSR count). The number of esters is 3. The molecule has 0 aromatic rings. The van der Waals surface area contributed by atoms with Crippen molar-refractivity contribution in [3.8, 4) is 0 Å². The monoisotopic (exact) mass is 386 g/mol. The standard InChI is InChI=1S/C19H30O8/c1-4-19(2,3)18(24)27-12-11-25-15(20)9-10-26-17(23)14-8-6-5-7-13(14)16(21)22/h13-14H,4-12H2,1-3H3,(H,21,22). The fraction of sp³-hybridized carbons (Fsp3) is 0.789. The van der Waals surface area contributed by atoms with E-state index in [-0.39, 0.29) is 32.2 Å². The molecule has 2 unspecified atom stereocenters. The summed E-state index contributed by atoms with van der Waals surface area (Å²) in [6.07, 6.45) is 3.03. The summed E-state index contributed by atoms with van der Waals surface area (Å²) in [5, 5.41) is 9.18. The Morgan fingerprint density at radius 1 is 0.926 bits per heavy atom. The third kappa shape index (κ3) is 7.56. The molecule has 0 aromatic heterocycles. The van der Waals surface area contributed by atoms with Crippen LogP contribution in [0.5, 0.6) is 0 Å². The van der Waals surface area contributed by atoms with E-state index < -0.39 is 35.2 Å². The molecule has 1 saturated carbocycles. The Balaban J connectivity index is 2.22. The average molecular weight is 386 g/mol. The Kier molecular flexibility index (Phi) is 9.25. The molecule has 0 spiro atoms. The lowest BCUT2D eigenvalue weighted by atomic mass is 9.79. The lowest BCUT2D eigenvalue weighted by molar-refractivity contribution is -0.162. The fourth-order valence-electron chi connectivity index (χ4n) is 2.75. The van der Waals surface area contributed by atoms with Crippen LogP contribution in [0.2, 0.25) is 0 Å². The Morgan fingerprint density at radius 3 is 2.11 bits per heavy atom. The molecule has 0 radical (unpaired) electrons. The fourth-order valence-corrected chi connectivity index (χ4v) is 2.75. The topological polar surface area (TPSA) is 116 Å². The van der Waals surface area contributed by atoms with Gasteiger partial charge in [-0.3, -0.25) is 19.2 Å². The van der Waals surface area contributed by atoms with E-state index in [1.807, 2.05) is 6.92 Å². The van der Waals surface area contributed by atoms with Gasteiger partial charge < -0.3 is 19.3 Å². The molecular formula is C19H30O8. The molecular weight excluding hydrogens is 356 g/mol. The van der Waals surface area contributed by atoms with Gasteiger partial charge in [-0.1, -0.05) is 19.8 Å². The van der Waals surface area contributed by atoms with E-state index in [0.29, 0.717) is 19.3 Å². The van der Waals surface area contributed by atoms with Crippen molar-refractivity contribution in [1.82, 2.24) is 0 Å². The highest BCUT2D eigenvalue weighted by atomic mass is 16.6. The third-order valence-electron chi connectivity index (χ3n) is 4.95. The molecule has 0 heterocycles. The van der Waals surface area contributed by atoms with Crippen LogP contribution in [-0.4, -0.2) is 48.8 Å². The van der Waals surface area contributed by atoms with Crippen LogP contribution in [0.4, 0.5) is 0 Å². The van der Waals surface area contributed by atoms with Crippen LogP contribution in [0.15, 0.2) is 0 Å². The lowest BCUT2D eigenvalue weighted by Gasteiger charge is -2.26. The first-order valence-electron chi connectivity index (χ1n) is 9.41. The van der Waals surface area contributed by atoms with Crippen LogP contribution in [-0.2, 0) is 33.4 Å². The first-order valence-corrected chi connectivity index (χ1v) is 9.41. The molecule has 0 amide bonds. The minimum Gasteiger partial charge on any atom is -0.481 e. The zero-order valence-electron chi connectivity index (χ0n) is 16.3. The lowest BCUT2D eigenvalue weighted by Crippen LogP contribution is -2.34. The quantitative estimate of drug-likeness (QED) is 0.345. The number of rotatable bonds is 10. The van der Waals surface area contributed by atoms with Gasteiger partial charge in [-0.05, 0) is 33.1 Å². The Labute approximate surface area is 159 Å². The molecule has 8 nitrogen and oxygen atoms in total. The molecule has 0 saturated heterocycles. The van der Waals surface area contributed by atoms with Crippen LogP contribution in [0.1, 0.15) is 59.3 Å². The minimum absolute atomic E-state index is 0.0316. The van der Waals surface area contributed by atoms with E-state index in [1.54, 1.807) is 13.8 Å². The largest absolute Gasteiger partial charge is 0.481 e. The highest BCUT2D eigenvalue weighted by Gasteiger charge is 2.36. The van der Waals surface area contributed by atoms with Gasteiger partial charge >= 0.3 is 23.9 Å². The number of carbonyl (C=O) groups excluding carboxylic acids is 3. The van der Waals surface area contributed by atoms with Crippen molar-refractivity contribution in [2.45, 2.75) is 59.3 Å². The summed E-state index contributed by atoms with van der Waals surface area (Å²) in [6, 6.07) is 0. The van der Waals surface area contributed by atoms with E-state index in [4.69, 9.17) is 14.2 Å². The molecule has 1 aliphatic rings. The maximum Gasteiger partial charge on any atom is 0.311 e. The predicted molar refractivity (Wildman–Crippen MR) is 94.6 cm³/mol. The van der Waals surface area contributed by atoms with Crippen LogP contribution in [0.3, 0.4) is 0 Å². The summed E-state index contributed by atoms with van der Waals surface area (Å²) >= 11 is 0. The van der Waals surface area contributed by atoms with Gasteiger partial charge in [-0.25, -0.2) is 0 Å². The highest BCUT2D eigenvalue weighted by Crippen LogP contribution is 2.31. The van der Waals surface area contributed by atoms with Gasteiger partial charge in [0.15, 0.2) is 0 Å². The van der Waals surface area contributed by atoms with Crippen molar-refractivity contribution >= 4 is 23.9 Å². The van der Waals surface area contributed by atoms with Crippen molar-refractivity contribution in [2.75, 3.05) is 19.8 Å². The molecule has 1 N–H and O–H groups in total. The first-order chi connectivity index (χ1) is 12.7. The third-order valence-corrected chi connectivity index (χ3v) is 4.95. The SMILES string of the molecule is CCC(C)(C)C(=O)OCCOC(=O)CCOC(=O)C1CCCCC1C(=O)O. The molecule has 0 aromatic carbocycles. The summed E-state index contributed by atoms with van der Waals surface area (Å²) in [5.74, 6) is -3.88. The second-order valence-electron chi connectivity index (χ2n) is 7.35. The second kappa shape index (κ2) is 10.9. The predicted octanol–water partition coefficient (Wildman–Crippen LogP) is 2.33. The zero-order chi connectivity index (χ0) is 20.4. The number of carboxylic acid groups (broad SMARTS) is 1. The summed E-state index contributed by atoms with van der Waals surface area (Å²) in [5.41, 5.74) is -0.578. The first kappa shape index (κ1) is 22.9. The molecule has 0 bridgehead atoms. The maximum atomic E-state index is 12.1. The second-order valence-corrected chi connectivity index (χ2v) is 7.35. The molecule has 27 heavy (non-hydrogen) atoms. The highest BCUT2D eigenvalue weighted by molar-refractivity contribution is 5.81. The van der Waals surface area contributed by atoms with E-state index in [0.717, 1.165) is 12.8 Å². The molecule has 154 valence electrons. The Morgan fingerprint density at radius 2 is 1.52 bits per heavy atom. The molecule has 1 fully saturated rings. The van der Waals surface area contributed by atoms with Gasteiger partial charge in [0.2, 0.25) is 0 Å². The summed E-state index contributed by atoms with van der Waals surface area (Å²) in [4.78, 5) is 46.6.